The Morgan fingerprint density at radius 2 is 0.962 bits per heavy atom. The summed E-state index contributed by atoms with van der Waals surface area (Å²) in [5.74, 6) is 3.01. The molecule has 1 aliphatic heterocycles. The lowest BCUT2D eigenvalue weighted by atomic mass is 9.82. The van der Waals surface area contributed by atoms with E-state index in [-0.39, 0.29) is 5.41 Å². The highest BCUT2D eigenvalue weighted by atomic mass is 16.5. The van der Waals surface area contributed by atoms with Gasteiger partial charge < -0.3 is 14.4 Å². The molecule has 8 aromatic rings. The zero-order chi connectivity index (χ0) is 34.8. The van der Waals surface area contributed by atoms with E-state index in [1.54, 1.807) is 0 Å². The third kappa shape index (κ3) is 4.81. The lowest BCUT2D eigenvalue weighted by molar-refractivity contribution is 0.440. The fourth-order valence-corrected chi connectivity index (χ4v) is 8.10. The van der Waals surface area contributed by atoms with Crippen molar-refractivity contribution in [3.05, 3.63) is 187 Å². The number of rotatable bonds is 5. The van der Waals surface area contributed by atoms with Crippen LogP contribution < -0.4 is 14.4 Å². The first kappa shape index (κ1) is 30.3. The van der Waals surface area contributed by atoms with Crippen molar-refractivity contribution < 1.29 is 9.47 Å². The van der Waals surface area contributed by atoms with Crippen LogP contribution in [0.3, 0.4) is 0 Å². The molecule has 0 fully saturated rings. The molecule has 0 saturated heterocycles. The van der Waals surface area contributed by atoms with Gasteiger partial charge in [0.15, 0.2) is 11.5 Å². The van der Waals surface area contributed by atoms with Gasteiger partial charge in [-0.1, -0.05) is 135 Å². The van der Waals surface area contributed by atoms with E-state index in [0.717, 1.165) is 50.5 Å². The predicted octanol–water partition coefficient (Wildman–Crippen LogP) is 13.8. The highest BCUT2D eigenvalue weighted by Crippen LogP contribution is 2.52. The molecule has 0 unspecified atom stereocenters. The standard InChI is InChI=1S/C49H35NO2/c1-49(2)42-17-7-6-15-40(42)41-30-29-38(31-43(41)49)50(36-25-21-33(22-26-36)32-11-4-3-5-12-32)37-27-23-34(24-28-37)39-16-10-20-46-48(39)52-45-19-9-14-35-13-8-18-44(51-46)47(35)45/h3-31H,1-2H3. The molecule has 0 amide bonds. The third-order valence-corrected chi connectivity index (χ3v) is 10.7. The Kier molecular flexibility index (Phi) is 6.84. The molecule has 3 heteroatoms. The van der Waals surface area contributed by atoms with Crippen LogP contribution in [0.2, 0.25) is 0 Å². The normalized spacial score (nSPS) is 13.3. The first-order valence-electron chi connectivity index (χ1n) is 17.8. The highest BCUT2D eigenvalue weighted by Gasteiger charge is 2.35. The van der Waals surface area contributed by atoms with Crippen molar-refractivity contribution >= 4 is 27.8 Å². The molecule has 0 N–H and O–H groups in total. The van der Waals surface area contributed by atoms with Crippen LogP contribution in [-0.2, 0) is 5.41 Å². The number of fused-ring (bicyclic) bond motifs is 4. The maximum atomic E-state index is 6.68. The van der Waals surface area contributed by atoms with Crippen molar-refractivity contribution in [2.24, 2.45) is 0 Å². The van der Waals surface area contributed by atoms with Crippen molar-refractivity contribution in [2.45, 2.75) is 19.3 Å². The summed E-state index contributed by atoms with van der Waals surface area (Å²) in [6.07, 6.45) is 0. The Morgan fingerprint density at radius 3 is 1.71 bits per heavy atom. The van der Waals surface area contributed by atoms with Crippen LogP contribution in [0.5, 0.6) is 23.0 Å². The van der Waals surface area contributed by atoms with Gasteiger partial charge in [-0.2, -0.15) is 0 Å². The van der Waals surface area contributed by atoms with Gasteiger partial charge in [-0.25, -0.2) is 0 Å². The van der Waals surface area contributed by atoms with Crippen LogP contribution in [0.4, 0.5) is 17.1 Å². The first-order chi connectivity index (χ1) is 25.5. The first-order valence-corrected chi connectivity index (χ1v) is 17.8. The highest BCUT2D eigenvalue weighted by molar-refractivity contribution is 5.95. The van der Waals surface area contributed by atoms with E-state index in [1.165, 1.54) is 33.4 Å². The largest absolute Gasteiger partial charge is 0.453 e. The van der Waals surface area contributed by atoms with Gasteiger partial charge in [-0.05, 0) is 98.9 Å². The molecule has 1 aliphatic carbocycles. The zero-order valence-corrected chi connectivity index (χ0v) is 29.0. The van der Waals surface area contributed by atoms with E-state index in [2.05, 4.69) is 158 Å². The molecule has 0 spiro atoms. The van der Waals surface area contributed by atoms with E-state index < -0.39 is 0 Å². The SMILES string of the molecule is CC1(C)c2ccccc2-c2ccc(N(c3ccc(-c4ccccc4)cc3)c3ccc(-c4cccc5c4Oc4cccc6cccc(c46)O5)cc3)cc21. The van der Waals surface area contributed by atoms with E-state index in [4.69, 9.17) is 9.47 Å². The van der Waals surface area contributed by atoms with E-state index in [1.807, 2.05) is 36.4 Å². The molecule has 0 aromatic heterocycles. The summed E-state index contributed by atoms with van der Waals surface area (Å²) < 4.78 is 13.2. The third-order valence-electron chi connectivity index (χ3n) is 10.7. The fourth-order valence-electron chi connectivity index (χ4n) is 8.10. The maximum absolute atomic E-state index is 6.68. The van der Waals surface area contributed by atoms with Crippen molar-refractivity contribution in [3.63, 3.8) is 0 Å². The number of anilines is 3. The molecular formula is C49H35NO2. The number of hydrogen-bond donors (Lipinski definition) is 0. The molecular weight excluding hydrogens is 635 g/mol. The van der Waals surface area contributed by atoms with Crippen molar-refractivity contribution in [1.29, 1.82) is 0 Å². The quantitative estimate of drug-likeness (QED) is 0.182. The van der Waals surface area contributed by atoms with Crippen LogP contribution in [0.15, 0.2) is 176 Å². The molecule has 0 radical (unpaired) electrons. The number of hydrogen-bond acceptors (Lipinski definition) is 3. The monoisotopic (exact) mass is 669 g/mol. The Morgan fingerprint density at radius 1 is 0.404 bits per heavy atom. The van der Waals surface area contributed by atoms with Gasteiger partial charge in [0, 0.05) is 28.0 Å². The van der Waals surface area contributed by atoms with Crippen LogP contribution >= 0.6 is 0 Å². The summed E-state index contributed by atoms with van der Waals surface area (Å²) >= 11 is 0. The predicted molar refractivity (Wildman–Crippen MR) is 214 cm³/mol. The molecule has 0 atom stereocenters. The molecule has 1 heterocycles. The molecule has 3 nitrogen and oxygen atoms in total. The summed E-state index contributed by atoms with van der Waals surface area (Å²) in [4.78, 5) is 2.36. The molecule has 10 rings (SSSR count). The second kappa shape index (κ2) is 11.8. The van der Waals surface area contributed by atoms with Crippen molar-refractivity contribution in [3.8, 4) is 56.4 Å². The molecule has 2 aliphatic rings. The van der Waals surface area contributed by atoms with E-state index >= 15 is 0 Å². The average Bonchev–Trinajstić information content (AvgIpc) is 3.29. The van der Waals surface area contributed by atoms with Gasteiger partial charge in [-0.15, -0.1) is 0 Å². The summed E-state index contributed by atoms with van der Waals surface area (Å²) in [7, 11) is 0. The number of benzene rings is 8. The lowest BCUT2D eigenvalue weighted by Crippen LogP contribution is -2.16. The fraction of sp³-hybridized carbons (Fsp3) is 0.0612. The second-order valence-electron chi connectivity index (χ2n) is 14.1. The zero-order valence-electron chi connectivity index (χ0n) is 29.0. The molecule has 52 heavy (non-hydrogen) atoms. The molecule has 8 aromatic carbocycles. The molecule has 248 valence electrons. The summed E-state index contributed by atoms with van der Waals surface area (Å²) in [5.41, 5.74) is 12.9. The maximum Gasteiger partial charge on any atom is 0.177 e. The van der Waals surface area contributed by atoms with Crippen molar-refractivity contribution in [2.75, 3.05) is 4.90 Å². The number of ether oxygens (including phenoxy) is 2. The summed E-state index contributed by atoms with van der Waals surface area (Å²) in [6, 6.07) is 62.3. The average molecular weight is 670 g/mol. The van der Waals surface area contributed by atoms with Crippen molar-refractivity contribution in [1.82, 2.24) is 0 Å². The summed E-state index contributed by atoms with van der Waals surface area (Å²) in [5, 5.41) is 2.07. The molecule has 0 bridgehead atoms. The summed E-state index contributed by atoms with van der Waals surface area (Å²) in [6.45, 7) is 4.67. The van der Waals surface area contributed by atoms with E-state index in [9.17, 15) is 0 Å². The van der Waals surface area contributed by atoms with Gasteiger partial charge in [0.2, 0.25) is 0 Å². The Bertz CT molecular complexity index is 2640. The topological polar surface area (TPSA) is 21.7 Å². The lowest BCUT2D eigenvalue weighted by Gasteiger charge is -2.28. The van der Waals surface area contributed by atoms with Gasteiger partial charge in [-0.3, -0.25) is 0 Å². The number of para-hydroxylation sites is 1. The second-order valence-corrected chi connectivity index (χ2v) is 14.1. The minimum Gasteiger partial charge on any atom is -0.453 e. The van der Waals surface area contributed by atoms with Gasteiger partial charge in [0.05, 0.1) is 5.39 Å². The van der Waals surface area contributed by atoms with E-state index in [0.29, 0.717) is 11.5 Å². The smallest absolute Gasteiger partial charge is 0.177 e. The van der Waals surface area contributed by atoms with Gasteiger partial charge in [0.1, 0.15) is 11.5 Å². The van der Waals surface area contributed by atoms with Crippen LogP contribution in [0.25, 0.3) is 44.2 Å². The van der Waals surface area contributed by atoms with Crippen LogP contribution in [-0.4, -0.2) is 0 Å². The molecule has 0 saturated carbocycles. The van der Waals surface area contributed by atoms with Gasteiger partial charge in [0.25, 0.3) is 0 Å². The van der Waals surface area contributed by atoms with Gasteiger partial charge >= 0.3 is 0 Å². The Labute approximate surface area is 304 Å². The number of nitrogens with zero attached hydrogens (tertiary/aromatic N) is 1. The van der Waals surface area contributed by atoms with Crippen LogP contribution in [0, 0.1) is 0 Å². The minimum atomic E-state index is -0.105. The Balaban J connectivity index is 1.07. The Hall–Kier alpha value is -6.58. The van der Waals surface area contributed by atoms with Crippen LogP contribution in [0.1, 0.15) is 25.0 Å². The minimum absolute atomic E-state index is 0.105.